The van der Waals surface area contributed by atoms with Gasteiger partial charge in [0.1, 0.15) is 5.82 Å². The fraction of sp³-hybridized carbons (Fsp3) is 0.125. The summed E-state index contributed by atoms with van der Waals surface area (Å²) in [6, 6.07) is 11.0. The Morgan fingerprint density at radius 3 is 2.50 bits per heavy atom. The van der Waals surface area contributed by atoms with Crippen molar-refractivity contribution in [2.24, 2.45) is 0 Å². The number of rotatable bonds is 2. The number of aromatic nitrogens is 1. The van der Waals surface area contributed by atoms with E-state index in [1.165, 1.54) is 37.3 Å². The van der Waals surface area contributed by atoms with E-state index in [4.69, 9.17) is 0 Å². The molecule has 1 amide bonds. The van der Waals surface area contributed by atoms with Crippen LogP contribution >= 0.6 is 0 Å². The summed E-state index contributed by atoms with van der Waals surface area (Å²) < 4.78 is 26.0. The predicted molar refractivity (Wildman–Crippen MR) is 88.6 cm³/mol. The second kappa shape index (κ2) is 5.64. The van der Waals surface area contributed by atoms with Crippen molar-refractivity contribution in [3.05, 3.63) is 59.9 Å². The van der Waals surface area contributed by atoms with Crippen molar-refractivity contribution >= 4 is 27.5 Å². The zero-order chi connectivity index (χ0) is 17.5. The number of benzene rings is 1. The van der Waals surface area contributed by atoms with Crippen LogP contribution in [0.15, 0.2) is 59.3 Å². The Balaban J connectivity index is 2.15. The summed E-state index contributed by atoms with van der Waals surface area (Å²) in [6.45, 7) is 0. The van der Waals surface area contributed by atoms with Gasteiger partial charge in [0.15, 0.2) is 11.5 Å². The lowest BCUT2D eigenvalue weighted by Crippen LogP contribution is -2.40. The van der Waals surface area contributed by atoms with Gasteiger partial charge in [-0.25, -0.2) is 13.4 Å². The first kappa shape index (κ1) is 16.0. The molecule has 8 heteroatoms. The molecule has 124 valence electrons. The lowest BCUT2D eigenvalue weighted by Gasteiger charge is -2.30. The number of nitrogens with zero attached hydrogens (tertiary/aromatic N) is 3. The first-order valence-corrected chi connectivity index (χ1v) is 8.50. The molecule has 1 aliphatic heterocycles. The quantitative estimate of drug-likeness (QED) is 0.893. The summed E-state index contributed by atoms with van der Waals surface area (Å²) in [4.78, 5) is 18.0. The van der Waals surface area contributed by atoms with E-state index in [1.807, 2.05) is 0 Å². The van der Waals surface area contributed by atoms with E-state index in [0.29, 0.717) is 5.82 Å². The van der Waals surface area contributed by atoms with Gasteiger partial charge in [-0.3, -0.25) is 14.0 Å². The molecule has 0 unspecified atom stereocenters. The zero-order valence-electron chi connectivity index (χ0n) is 13.0. The first-order valence-electron chi connectivity index (χ1n) is 7.06. The Labute approximate surface area is 139 Å². The molecule has 1 aromatic carbocycles. The number of carbonyl (C=O) groups is 1. The molecular formula is C16H15N3O4S. The maximum absolute atomic E-state index is 12.8. The molecule has 0 saturated heterocycles. The fourth-order valence-electron chi connectivity index (χ4n) is 2.48. The third-order valence-corrected chi connectivity index (χ3v) is 5.64. The Morgan fingerprint density at radius 1 is 1.17 bits per heavy atom. The number of sulfonamides is 1. The van der Waals surface area contributed by atoms with Crippen molar-refractivity contribution in [3.63, 3.8) is 0 Å². The molecule has 2 heterocycles. The molecule has 24 heavy (non-hydrogen) atoms. The minimum absolute atomic E-state index is 0.0398. The molecule has 7 nitrogen and oxygen atoms in total. The van der Waals surface area contributed by atoms with Gasteiger partial charge in [0.25, 0.3) is 15.9 Å². The Morgan fingerprint density at radius 2 is 1.83 bits per heavy atom. The van der Waals surface area contributed by atoms with Crippen LogP contribution in [0.4, 0.5) is 5.82 Å². The number of anilines is 1. The van der Waals surface area contributed by atoms with Crippen molar-refractivity contribution in [2.45, 2.75) is 4.90 Å². The number of hydrogen-bond acceptors (Lipinski definition) is 5. The van der Waals surface area contributed by atoms with E-state index in [2.05, 4.69) is 4.98 Å². The smallest absolute Gasteiger partial charge is 0.280 e. The third-order valence-electron chi connectivity index (χ3n) is 3.82. The van der Waals surface area contributed by atoms with Crippen LogP contribution in [0, 0.1) is 0 Å². The van der Waals surface area contributed by atoms with Crippen molar-refractivity contribution in [3.8, 4) is 0 Å². The van der Waals surface area contributed by atoms with Gasteiger partial charge in [0.2, 0.25) is 0 Å². The molecule has 2 aromatic rings. The molecule has 0 fully saturated rings. The second-order valence-corrected chi connectivity index (χ2v) is 7.16. The van der Waals surface area contributed by atoms with Gasteiger partial charge in [-0.05, 0) is 24.3 Å². The summed E-state index contributed by atoms with van der Waals surface area (Å²) in [5.41, 5.74) is -0.213. The van der Waals surface area contributed by atoms with E-state index in [-0.39, 0.29) is 21.9 Å². The highest BCUT2D eigenvalue weighted by atomic mass is 32.2. The maximum atomic E-state index is 12.8. The van der Waals surface area contributed by atoms with Gasteiger partial charge in [-0.2, -0.15) is 0 Å². The third kappa shape index (κ3) is 2.31. The fourth-order valence-corrected chi connectivity index (χ4v) is 3.88. The van der Waals surface area contributed by atoms with Crippen LogP contribution in [-0.2, 0) is 14.8 Å². The van der Waals surface area contributed by atoms with Crippen molar-refractivity contribution in [1.29, 1.82) is 0 Å². The molecule has 0 saturated carbocycles. The molecule has 0 aliphatic carbocycles. The van der Waals surface area contributed by atoms with Gasteiger partial charge in [0.05, 0.1) is 4.90 Å². The summed E-state index contributed by atoms with van der Waals surface area (Å²) in [5.74, 6) is -0.713. The van der Waals surface area contributed by atoms with E-state index < -0.39 is 15.9 Å². The molecule has 0 radical (unpaired) electrons. The molecule has 0 spiro atoms. The van der Waals surface area contributed by atoms with Crippen LogP contribution in [-0.4, -0.2) is 42.8 Å². The van der Waals surface area contributed by atoms with Crippen LogP contribution in [0.2, 0.25) is 0 Å². The van der Waals surface area contributed by atoms with E-state index in [9.17, 15) is 18.3 Å². The minimum Gasteiger partial charge on any atom is -0.505 e. The number of likely N-dealkylation sites (N-methyl/N-ethyl adjacent to an activating group) is 2. The van der Waals surface area contributed by atoms with Crippen LogP contribution in [0.3, 0.4) is 0 Å². The van der Waals surface area contributed by atoms with Gasteiger partial charge >= 0.3 is 0 Å². The summed E-state index contributed by atoms with van der Waals surface area (Å²) in [5, 5.41) is 10.5. The average molecular weight is 345 g/mol. The Hall–Kier alpha value is -2.87. The standard InChI is InChI=1S/C16H15N3O4S/c1-18(13-9-5-6-10-17-13)16(21)14-15(20)11-7-3-4-8-12(11)24(22,23)19(14)2/h3-10,20H,1-2H3. The van der Waals surface area contributed by atoms with Gasteiger partial charge in [-0.1, -0.05) is 18.2 Å². The molecule has 1 N–H and O–H groups in total. The molecule has 0 bridgehead atoms. The lowest BCUT2D eigenvalue weighted by molar-refractivity contribution is -0.115. The minimum atomic E-state index is -3.92. The van der Waals surface area contributed by atoms with E-state index in [0.717, 1.165) is 4.31 Å². The largest absolute Gasteiger partial charge is 0.505 e. The highest BCUT2D eigenvalue weighted by Gasteiger charge is 2.39. The zero-order valence-corrected chi connectivity index (χ0v) is 13.9. The molecule has 1 aliphatic rings. The van der Waals surface area contributed by atoms with Crippen LogP contribution in [0.1, 0.15) is 5.56 Å². The van der Waals surface area contributed by atoms with Crippen LogP contribution in [0.25, 0.3) is 5.76 Å². The van der Waals surface area contributed by atoms with Crippen molar-refractivity contribution in [2.75, 3.05) is 19.0 Å². The number of fused-ring (bicyclic) bond motifs is 1. The second-order valence-electron chi connectivity index (χ2n) is 5.22. The molecule has 3 rings (SSSR count). The summed E-state index contributed by atoms with van der Waals surface area (Å²) in [7, 11) is -1.21. The number of pyridine rings is 1. The number of amides is 1. The molecule has 1 aromatic heterocycles. The van der Waals surface area contributed by atoms with Crippen molar-refractivity contribution < 1.29 is 18.3 Å². The summed E-state index contributed by atoms with van der Waals surface area (Å²) >= 11 is 0. The highest BCUT2D eigenvalue weighted by Crippen LogP contribution is 2.35. The Kier molecular flexibility index (Phi) is 3.76. The topological polar surface area (TPSA) is 90.8 Å². The monoisotopic (exact) mass is 345 g/mol. The van der Waals surface area contributed by atoms with Gasteiger partial charge < -0.3 is 5.11 Å². The normalized spacial score (nSPS) is 15.8. The number of aliphatic hydroxyl groups is 1. The van der Waals surface area contributed by atoms with E-state index in [1.54, 1.807) is 30.3 Å². The molecular weight excluding hydrogens is 330 g/mol. The van der Waals surface area contributed by atoms with Gasteiger partial charge in [0, 0.05) is 25.9 Å². The highest BCUT2D eigenvalue weighted by molar-refractivity contribution is 7.89. The SMILES string of the molecule is CN(C(=O)C1=C(O)c2ccccc2S(=O)(=O)N1C)c1ccccn1. The van der Waals surface area contributed by atoms with Crippen molar-refractivity contribution in [1.82, 2.24) is 9.29 Å². The summed E-state index contributed by atoms with van der Waals surface area (Å²) in [6.07, 6.45) is 1.52. The predicted octanol–water partition coefficient (Wildman–Crippen LogP) is 1.61. The number of aliphatic hydroxyl groups excluding tert-OH is 1. The average Bonchev–Trinajstić information content (AvgIpc) is 2.60. The number of hydrogen-bond donors (Lipinski definition) is 1. The van der Waals surface area contributed by atoms with Crippen LogP contribution in [0.5, 0.6) is 0 Å². The van der Waals surface area contributed by atoms with E-state index >= 15 is 0 Å². The Bertz CT molecular complexity index is 939. The van der Waals surface area contributed by atoms with Gasteiger partial charge in [-0.15, -0.1) is 0 Å². The molecule has 0 atom stereocenters. The number of carbonyl (C=O) groups excluding carboxylic acids is 1. The maximum Gasteiger partial charge on any atom is 0.280 e. The lowest BCUT2D eigenvalue weighted by atomic mass is 10.1. The first-order chi connectivity index (χ1) is 11.4. The van der Waals surface area contributed by atoms with Crippen LogP contribution < -0.4 is 4.90 Å².